The van der Waals surface area contributed by atoms with Gasteiger partial charge in [0.25, 0.3) is 5.91 Å². The number of ether oxygens (including phenoxy) is 1. The average Bonchev–Trinajstić information content (AvgIpc) is 2.92. The fourth-order valence-electron chi connectivity index (χ4n) is 3.56. The second kappa shape index (κ2) is 7.25. The number of carbonyl (C=O) groups is 3. The van der Waals surface area contributed by atoms with Gasteiger partial charge in [-0.3, -0.25) is 14.4 Å². The lowest BCUT2D eigenvalue weighted by Gasteiger charge is -2.42. The third kappa shape index (κ3) is 3.83. The molecule has 134 valence electrons. The maximum Gasteiger partial charge on any atom is 0.311 e. The van der Waals surface area contributed by atoms with Gasteiger partial charge in [0.1, 0.15) is 0 Å². The molecule has 0 spiro atoms. The molecule has 1 aromatic rings. The van der Waals surface area contributed by atoms with Crippen LogP contribution in [0.5, 0.6) is 0 Å². The van der Waals surface area contributed by atoms with Gasteiger partial charge in [-0.2, -0.15) is 0 Å². The van der Waals surface area contributed by atoms with E-state index < -0.39 is 11.9 Å². The van der Waals surface area contributed by atoms with Crippen LogP contribution in [0.1, 0.15) is 31.2 Å². The van der Waals surface area contributed by atoms with Gasteiger partial charge >= 0.3 is 5.97 Å². The van der Waals surface area contributed by atoms with E-state index in [1.165, 1.54) is 10.5 Å². The van der Waals surface area contributed by atoms with Gasteiger partial charge in [-0.15, -0.1) is 0 Å². The van der Waals surface area contributed by atoms with Crippen LogP contribution < -0.4 is 5.32 Å². The Kier molecular flexibility index (Phi) is 5.06. The Balaban J connectivity index is 1.45. The molecule has 1 saturated carbocycles. The van der Waals surface area contributed by atoms with Crippen molar-refractivity contribution in [2.45, 2.75) is 31.1 Å². The highest BCUT2D eigenvalue weighted by Crippen LogP contribution is 2.43. The van der Waals surface area contributed by atoms with Crippen molar-refractivity contribution < 1.29 is 19.1 Å². The third-order valence-electron chi connectivity index (χ3n) is 5.34. The molecule has 1 N–H and O–H groups in total. The maximum atomic E-state index is 12.0. The number of nitrogens with one attached hydrogen (secondary N) is 1. The van der Waals surface area contributed by atoms with Crippen LogP contribution >= 0.6 is 0 Å². The molecule has 2 fully saturated rings. The largest absolute Gasteiger partial charge is 0.455 e. The molecular weight excluding hydrogens is 320 g/mol. The number of esters is 1. The summed E-state index contributed by atoms with van der Waals surface area (Å²) in [5.74, 6) is -1.31. The summed E-state index contributed by atoms with van der Waals surface area (Å²) in [5.41, 5.74) is 1.24. The smallest absolute Gasteiger partial charge is 0.311 e. The van der Waals surface area contributed by atoms with Crippen molar-refractivity contribution in [1.29, 1.82) is 0 Å². The highest BCUT2D eigenvalue weighted by Gasteiger charge is 2.39. The summed E-state index contributed by atoms with van der Waals surface area (Å²) < 4.78 is 5.08. The van der Waals surface area contributed by atoms with Gasteiger partial charge in [0.05, 0.1) is 5.92 Å². The molecule has 1 heterocycles. The first-order chi connectivity index (χ1) is 12.0. The van der Waals surface area contributed by atoms with Gasteiger partial charge in [-0.05, 0) is 18.4 Å². The molecule has 1 saturated heterocycles. The van der Waals surface area contributed by atoms with Crippen LogP contribution in [0.15, 0.2) is 30.3 Å². The van der Waals surface area contributed by atoms with E-state index in [2.05, 4.69) is 17.4 Å². The zero-order valence-corrected chi connectivity index (χ0v) is 14.5. The number of benzene rings is 1. The molecule has 2 amide bonds. The van der Waals surface area contributed by atoms with E-state index in [1.54, 1.807) is 7.05 Å². The molecule has 25 heavy (non-hydrogen) atoms. The van der Waals surface area contributed by atoms with Crippen LogP contribution in [0.4, 0.5) is 0 Å². The van der Waals surface area contributed by atoms with Gasteiger partial charge in [0, 0.05) is 32.0 Å². The fraction of sp³-hybridized carbons (Fsp3) is 0.526. The molecule has 1 aliphatic carbocycles. The van der Waals surface area contributed by atoms with Crippen molar-refractivity contribution in [2.24, 2.45) is 5.92 Å². The molecule has 0 radical (unpaired) electrons. The second-order valence-corrected chi connectivity index (χ2v) is 7.06. The molecule has 0 aromatic heterocycles. The van der Waals surface area contributed by atoms with Crippen LogP contribution in [0.3, 0.4) is 0 Å². The molecule has 1 atom stereocenters. The van der Waals surface area contributed by atoms with Gasteiger partial charge in [0.15, 0.2) is 6.61 Å². The maximum absolute atomic E-state index is 12.0. The van der Waals surface area contributed by atoms with Gasteiger partial charge in [-0.25, -0.2) is 0 Å². The molecule has 6 nitrogen and oxygen atoms in total. The quantitative estimate of drug-likeness (QED) is 0.788. The minimum absolute atomic E-state index is 0.00150. The Hall–Kier alpha value is -2.37. The topological polar surface area (TPSA) is 75.7 Å². The third-order valence-corrected chi connectivity index (χ3v) is 5.34. The molecule has 3 rings (SSSR count). The van der Waals surface area contributed by atoms with Crippen molar-refractivity contribution in [1.82, 2.24) is 10.2 Å². The Morgan fingerprint density at radius 1 is 1.28 bits per heavy atom. The summed E-state index contributed by atoms with van der Waals surface area (Å²) in [5, 5.41) is 2.89. The van der Waals surface area contributed by atoms with Crippen LogP contribution in [0, 0.1) is 5.92 Å². The number of amides is 2. The molecule has 0 unspecified atom stereocenters. The summed E-state index contributed by atoms with van der Waals surface area (Å²) >= 11 is 0. The lowest BCUT2D eigenvalue weighted by Crippen LogP contribution is -2.46. The Bertz CT molecular complexity index is 655. The van der Waals surface area contributed by atoms with E-state index in [0.717, 1.165) is 19.3 Å². The van der Waals surface area contributed by atoms with E-state index in [0.29, 0.717) is 13.1 Å². The van der Waals surface area contributed by atoms with E-state index in [-0.39, 0.29) is 30.3 Å². The number of hydrogen-bond acceptors (Lipinski definition) is 4. The molecule has 1 aliphatic heterocycles. The van der Waals surface area contributed by atoms with E-state index in [4.69, 9.17) is 4.74 Å². The van der Waals surface area contributed by atoms with Crippen molar-refractivity contribution in [3.8, 4) is 0 Å². The SMILES string of the molecule is CN1C[C@H](C(=O)OCC(=O)NCC2(c3ccccc3)CCC2)CC1=O. The lowest BCUT2D eigenvalue weighted by molar-refractivity contribution is -0.152. The van der Waals surface area contributed by atoms with Crippen LogP contribution in [0.2, 0.25) is 0 Å². The first-order valence-corrected chi connectivity index (χ1v) is 8.73. The number of carbonyl (C=O) groups excluding carboxylic acids is 3. The van der Waals surface area contributed by atoms with E-state index in [9.17, 15) is 14.4 Å². The molecule has 6 heteroatoms. The Labute approximate surface area is 147 Å². The monoisotopic (exact) mass is 344 g/mol. The highest BCUT2D eigenvalue weighted by atomic mass is 16.5. The Morgan fingerprint density at radius 2 is 2.00 bits per heavy atom. The van der Waals surface area contributed by atoms with Crippen molar-refractivity contribution in [3.63, 3.8) is 0 Å². The van der Waals surface area contributed by atoms with Crippen molar-refractivity contribution in [3.05, 3.63) is 35.9 Å². The molecular formula is C19H24N2O4. The van der Waals surface area contributed by atoms with Gasteiger partial charge in [-0.1, -0.05) is 36.8 Å². The fourth-order valence-corrected chi connectivity index (χ4v) is 3.56. The standard InChI is InChI=1S/C19H24N2O4/c1-21-11-14(10-17(21)23)18(24)25-12-16(22)20-13-19(8-5-9-19)15-6-3-2-4-7-15/h2-4,6-7,14H,5,8-13H2,1H3,(H,20,22)/t14-/m1/s1. The zero-order valence-electron chi connectivity index (χ0n) is 14.5. The summed E-state index contributed by atoms with van der Waals surface area (Å²) in [7, 11) is 1.66. The van der Waals surface area contributed by atoms with Crippen LogP contribution in [-0.4, -0.2) is 49.4 Å². The van der Waals surface area contributed by atoms with Crippen LogP contribution in [0.25, 0.3) is 0 Å². The first kappa shape index (κ1) is 17.5. The summed E-state index contributed by atoms with van der Waals surface area (Å²) in [6.07, 6.45) is 3.41. The number of nitrogens with zero attached hydrogens (tertiary/aromatic N) is 1. The van der Waals surface area contributed by atoms with E-state index >= 15 is 0 Å². The molecule has 1 aromatic carbocycles. The normalized spacial score (nSPS) is 21.6. The molecule has 2 aliphatic rings. The van der Waals surface area contributed by atoms with Gasteiger partial charge in [0.2, 0.25) is 5.91 Å². The molecule has 0 bridgehead atoms. The summed E-state index contributed by atoms with van der Waals surface area (Å²) in [4.78, 5) is 37.0. The minimum Gasteiger partial charge on any atom is -0.455 e. The minimum atomic E-state index is -0.478. The Morgan fingerprint density at radius 3 is 2.56 bits per heavy atom. The summed E-state index contributed by atoms with van der Waals surface area (Å²) in [6, 6.07) is 10.2. The zero-order chi connectivity index (χ0) is 17.9. The van der Waals surface area contributed by atoms with Gasteiger partial charge < -0.3 is 15.0 Å². The van der Waals surface area contributed by atoms with Crippen molar-refractivity contribution >= 4 is 17.8 Å². The second-order valence-electron chi connectivity index (χ2n) is 7.06. The predicted molar refractivity (Wildman–Crippen MR) is 91.7 cm³/mol. The van der Waals surface area contributed by atoms with Crippen molar-refractivity contribution in [2.75, 3.05) is 26.7 Å². The highest BCUT2D eigenvalue weighted by molar-refractivity contribution is 5.88. The number of hydrogen-bond donors (Lipinski definition) is 1. The van der Waals surface area contributed by atoms with Crippen LogP contribution in [-0.2, 0) is 24.5 Å². The number of likely N-dealkylation sites (tertiary alicyclic amines) is 1. The summed E-state index contributed by atoms with van der Waals surface area (Å²) in [6.45, 7) is 0.618. The average molecular weight is 344 g/mol. The van der Waals surface area contributed by atoms with E-state index in [1.807, 2.05) is 18.2 Å². The predicted octanol–water partition coefficient (Wildman–Crippen LogP) is 1.25. The lowest BCUT2D eigenvalue weighted by atomic mass is 9.64. The number of rotatable bonds is 6. The first-order valence-electron chi connectivity index (χ1n) is 8.73.